The smallest absolute Gasteiger partial charge is 0.178 e. The van der Waals surface area contributed by atoms with Gasteiger partial charge in [-0.1, -0.05) is 35.5 Å². The molecule has 6 heteroatoms. The molecule has 0 amide bonds. The van der Waals surface area contributed by atoms with E-state index in [0.717, 1.165) is 36.7 Å². The highest BCUT2D eigenvalue weighted by Gasteiger charge is 2.52. The molecule has 2 aliphatic rings. The van der Waals surface area contributed by atoms with Crippen LogP contribution in [0.4, 0.5) is 0 Å². The van der Waals surface area contributed by atoms with E-state index in [1.807, 2.05) is 29.2 Å². The Morgan fingerprint density at radius 3 is 2.85 bits per heavy atom. The van der Waals surface area contributed by atoms with Crippen molar-refractivity contribution in [3.63, 3.8) is 0 Å². The lowest BCUT2D eigenvalue weighted by atomic mass is 9.95. The van der Waals surface area contributed by atoms with Gasteiger partial charge in [0.15, 0.2) is 10.9 Å². The highest BCUT2D eigenvalue weighted by molar-refractivity contribution is 8.14. The molecule has 1 fully saturated rings. The molecule has 2 heterocycles. The Balaban J connectivity index is 2.03. The maximum Gasteiger partial charge on any atom is 0.178 e. The SMILES string of the molecule is O[C@@]1(c2ccc(Cl)cc2)[C@@H](CCCl)SC2=NCCCN21. The molecule has 0 bridgehead atoms. The van der Waals surface area contributed by atoms with Crippen molar-refractivity contribution in [1.29, 1.82) is 0 Å². The van der Waals surface area contributed by atoms with Gasteiger partial charge in [0.05, 0.1) is 5.25 Å². The molecule has 1 saturated heterocycles. The third-order valence-electron chi connectivity index (χ3n) is 3.77. The van der Waals surface area contributed by atoms with Gasteiger partial charge < -0.3 is 10.0 Å². The molecule has 3 nitrogen and oxygen atoms in total. The fourth-order valence-electron chi connectivity index (χ4n) is 2.78. The number of amidine groups is 1. The van der Waals surface area contributed by atoms with E-state index in [9.17, 15) is 5.11 Å². The minimum Gasteiger partial charge on any atom is -0.366 e. The second-order valence-electron chi connectivity index (χ2n) is 4.99. The van der Waals surface area contributed by atoms with Crippen LogP contribution >= 0.6 is 35.0 Å². The normalized spacial score (nSPS) is 29.2. The first-order chi connectivity index (χ1) is 9.66. The number of fused-ring (bicyclic) bond motifs is 1. The Morgan fingerprint density at radius 1 is 1.40 bits per heavy atom. The second-order valence-corrected chi connectivity index (χ2v) is 6.97. The van der Waals surface area contributed by atoms with E-state index < -0.39 is 5.72 Å². The minimum atomic E-state index is -1.04. The molecule has 20 heavy (non-hydrogen) atoms. The zero-order valence-electron chi connectivity index (χ0n) is 10.9. The summed E-state index contributed by atoms with van der Waals surface area (Å²) in [4.78, 5) is 6.55. The lowest BCUT2D eigenvalue weighted by molar-refractivity contribution is -0.0726. The first-order valence-corrected chi connectivity index (χ1v) is 8.48. The van der Waals surface area contributed by atoms with Crippen LogP contribution in [0, 0.1) is 0 Å². The van der Waals surface area contributed by atoms with Gasteiger partial charge >= 0.3 is 0 Å². The molecule has 0 unspecified atom stereocenters. The monoisotopic (exact) mass is 330 g/mol. The van der Waals surface area contributed by atoms with Crippen LogP contribution in [0.1, 0.15) is 18.4 Å². The third-order valence-corrected chi connectivity index (χ3v) is 5.65. The van der Waals surface area contributed by atoms with Crippen molar-refractivity contribution >= 4 is 40.1 Å². The average molecular weight is 331 g/mol. The number of aliphatic imine (C=N–C) groups is 1. The first kappa shape index (κ1) is 14.5. The van der Waals surface area contributed by atoms with E-state index in [1.165, 1.54) is 0 Å². The van der Waals surface area contributed by atoms with Crippen LogP contribution in [-0.2, 0) is 5.72 Å². The molecular weight excluding hydrogens is 315 g/mol. The molecule has 108 valence electrons. The van der Waals surface area contributed by atoms with Crippen molar-refractivity contribution in [1.82, 2.24) is 4.90 Å². The zero-order valence-corrected chi connectivity index (χ0v) is 13.3. The maximum atomic E-state index is 11.4. The molecular formula is C14H16Cl2N2OS. The van der Waals surface area contributed by atoms with E-state index in [2.05, 4.69) is 4.99 Å². The van der Waals surface area contributed by atoms with Crippen molar-refractivity contribution < 1.29 is 5.11 Å². The summed E-state index contributed by atoms with van der Waals surface area (Å²) in [5.41, 5.74) is -0.180. The maximum absolute atomic E-state index is 11.4. The van der Waals surface area contributed by atoms with Crippen LogP contribution in [0.25, 0.3) is 0 Å². The Morgan fingerprint density at radius 2 is 2.15 bits per heavy atom. The van der Waals surface area contributed by atoms with Gasteiger partial charge in [-0.05, 0) is 25.0 Å². The molecule has 0 aromatic heterocycles. The van der Waals surface area contributed by atoms with E-state index >= 15 is 0 Å². The second kappa shape index (κ2) is 5.76. The minimum absolute atomic E-state index is 0.00183. The Labute approximate surface area is 133 Å². The molecule has 0 saturated carbocycles. The summed E-state index contributed by atoms with van der Waals surface area (Å²) in [6.07, 6.45) is 1.70. The van der Waals surface area contributed by atoms with E-state index in [4.69, 9.17) is 23.2 Å². The molecule has 3 rings (SSSR count). The van der Waals surface area contributed by atoms with Crippen LogP contribution in [0.2, 0.25) is 5.02 Å². The Bertz CT molecular complexity index is 522. The highest BCUT2D eigenvalue weighted by atomic mass is 35.5. The number of rotatable bonds is 3. The number of hydrogen-bond donors (Lipinski definition) is 1. The van der Waals surface area contributed by atoms with Crippen molar-refractivity contribution in [2.24, 2.45) is 4.99 Å². The number of halogens is 2. The molecule has 0 spiro atoms. The average Bonchev–Trinajstić information content (AvgIpc) is 2.75. The summed E-state index contributed by atoms with van der Waals surface area (Å²) in [6.45, 7) is 1.66. The Kier molecular flexibility index (Phi) is 4.18. The first-order valence-electron chi connectivity index (χ1n) is 6.69. The predicted octanol–water partition coefficient (Wildman–Crippen LogP) is 3.29. The van der Waals surface area contributed by atoms with Gasteiger partial charge in [0.1, 0.15) is 0 Å². The van der Waals surface area contributed by atoms with Crippen LogP contribution in [0.5, 0.6) is 0 Å². The fourth-order valence-corrected chi connectivity index (χ4v) is 4.70. The van der Waals surface area contributed by atoms with Gasteiger partial charge in [0.2, 0.25) is 0 Å². The van der Waals surface area contributed by atoms with Crippen LogP contribution < -0.4 is 0 Å². The molecule has 1 N–H and O–H groups in total. The number of nitrogens with zero attached hydrogens (tertiary/aromatic N) is 2. The summed E-state index contributed by atoms with van der Waals surface area (Å²) in [5.74, 6) is 0.523. The standard InChI is InChI=1S/C14H16Cl2N2OS/c15-7-6-12-14(19,10-2-4-11(16)5-3-10)18-9-1-8-17-13(18)20-12/h2-5,12,19H,1,6-9H2/t12-,14+/m1/s1. The van der Waals surface area contributed by atoms with Crippen molar-refractivity contribution in [2.45, 2.75) is 23.8 Å². The molecule has 2 atom stereocenters. The Hall–Kier alpha value is -0.420. The fraction of sp³-hybridized carbons (Fsp3) is 0.500. The summed E-state index contributed by atoms with van der Waals surface area (Å²) < 4.78 is 0. The van der Waals surface area contributed by atoms with Crippen LogP contribution in [0.15, 0.2) is 29.3 Å². The lowest BCUT2D eigenvalue weighted by Crippen LogP contribution is -2.50. The van der Waals surface area contributed by atoms with Gasteiger partial charge in [0, 0.05) is 29.6 Å². The molecule has 2 aliphatic heterocycles. The third kappa shape index (κ3) is 2.33. The van der Waals surface area contributed by atoms with Gasteiger partial charge in [-0.2, -0.15) is 0 Å². The molecule has 0 radical (unpaired) electrons. The number of benzene rings is 1. The summed E-state index contributed by atoms with van der Waals surface area (Å²) in [7, 11) is 0. The van der Waals surface area contributed by atoms with Gasteiger partial charge in [-0.15, -0.1) is 11.6 Å². The molecule has 1 aromatic rings. The zero-order chi connectivity index (χ0) is 14.2. The topological polar surface area (TPSA) is 35.8 Å². The number of hydrogen-bond acceptors (Lipinski definition) is 4. The van der Waals surface area contributed by atoms with Gasteiger partial charge in [0.25, 0.3) is 0 Å². The number of aliphatic hydroxyl groups is 1. The summed E-state index contributed by atoms with van der Waals surface area (Å²) >= 11 is 13.5. The van der Waals surface area contributed by atoms with Crippen LogP contribution in [0.3, 0.4) is 0 Å². The van der Waals surface area contributed by atoms with E-state index in [0.29, 0.717) is 10.9 Å². The number of thioether (sulfide) groups is 1. The van der Waals surface area contributed by atoms with Crippen molar-refractivity contribution in [3.05, 3.63) is 34.9 Å². The quantitative estimate of drug-likeness (QED) is 0.864. The number of alkyl halides is 1. The molecule has 1 aromatic carbocycles. The van der Waals surface area contributed by atoms with E-state index in [1.54, 1.807) is 11.8 Å². The highest BCUT2D eigenvalue weighted by Crippen LogP contribution is 2.47. The van der Waals surface area contributed by atoms with Gasteiger partial charge in [-0.3, -0.25) is 4.99 Å². The van der Waals surface area contributed by atoms with Crippen molar-refractivity contribution in [3.8, 4) is 0 Å². The summed E-state index contributed by atoms with van der Waals surface area (Å²) in [5, 5.41) is 13.0. The predicted molar refractivity (Wildman–Crippen MR) is 85.7 cm³/mol. The lowest BCUT2D eigenvalue weighted by Gasteiger charge is -2.39. The summed E-state index contributed by atoms with van der Waals surface area (Å²) in [6, 6.07) is 7.41. The largest absolute Gasteiger partial charge is 0.366 e. The molecule has 0 aliphatic carbocycles. The van der Waals surface area contributed by atoms with Gasteiger partial charge in [-0.25, -0.2) is 0 Å². The van der Waals surface area contributed by atoms with Crippen molar-refractivity contribution in [2.75, 3.05) is 19.0 Å². The van der Waals surface area contributed by atoms with Crippen LogP contribution in [-0.4, -0.2) is 39.4 Å². The van der Waals surface area contributed by atoms with E-state index in [-0.39, 0.29) is 5.25 Å².